The number of carbonyl (C=O) groups excluding carboxylic acids is 1. The number of hydrogen-bond donors (Lipinski definition) is 1. The third-order valence-electron chi connectivity index (χ3n) is 7.47. The molecule has 2 rings (SSSR count). The van der Waals surface area contributed by atoms with Crippen molar-refractivity contribution >= 4 is 6.29 Å². The zero-order valence-corrected chi connectivity index (χ0v) is 27.1. The van der Waals surface area contributed by atoms with Crippen molar-refractivity contribution < 1.29 is 32.5 Å². The van der Waals surface area contributed by atoms with Gasteiger partial charge >= 0.3 is 6.18 Å². The van der Waals surface area contributed by atoms with Crippen molar-refractivity contribution in [1.29, 1.82) is 0 Å². The van der Waals surface area contributed by atoms with Gasteiger partial charge in [-0.15, -0.1) is 0 Å². The van der Waals surface area contributed by atoms with Gasteiger partial charge in [-0.1, -0.05) is 111 Å². The van der Waals surface area contributed by atoms with Gasteiger partial charge in [-0.2, -0.15) is 13.2 Å². The summed E-state index contributed by atoms with van der Waals surface area (Å²) in [5, 5.41) is 10.6. The topological polar surface area (TPSA) is 73.6 Å². The summed E-state index contributed by atoms with van der Waals surface area (Å²) < 4.78 is 54.4. The zero-order chi connectivity index (χ0) is 32.0. The molecule has 6 nitrogen and oxygen atoms in total. The van der Waals surface area contributed by atoms with Gasteiger partial charge in [0.15, 0.2) is 12.0 Å². The number of carbonyl (C=O) groups is 1. The number of alkyl halides is 3. The van der Waals surface area contributed by atoms with E-state index in [1.807, 2.05) is 20.8 Å². The number of benzene rings is 1. The number of hydrogen-bond acceptors (Lipinski definition) is 5. The van der Waals surface area contributed by atoms with Crippen LogP contribution in [0.4, 0.5) is 13.2 Å². The van der Waals surface area contributed by atoms with Crippen molar-refractivity contribution in [1.82, 2.24) is 9.55 Å². The fraction of sp³-hybridized carbons (Fsp3) is 0.706. The van der Waals surface area contributed by atoms with Crippen molar-refractivity contribution in [2.75, 3.05) is 6.61 Å². The second kappa shape index (κ2) is 17.6. The lowest BCUT2D eigenvalue weighted by Crippen LogP contribution is -2.19. The molecule has 43 heavy (non-hydrogen) atoms. The number of ether oxygens (including phenoxy) is 2. The normalized spacial score (nSPS) is 12.2. The Morgan fingerprint density at radius 1 is 0.860 bits per heavy atom. The SMILES string of the molecule is CCCCCCCCCCCCCCCCOc1cc(OC(C)C)c(-n2c(C(F)(F)F)nc(C=O)c2O)cc1C(C)(C)C. The molecule has 0 bridgehead atoms. The molecular formula is C34H53F3N2O4. The third kappa shape index (κ3) is 11.7. The Morgan fingerprint density at radius 3 is 1.81 bits per heavy atom. The molecule has 0 spiro atoms. The van der Waals surface area contributed by atoms with Gasteiger partial charge in [-0.3, -0.25) is 9.36 Å². The molecule has 9 heteroatoms. The first kappa shape index (κ1) is 36.5. The van der Waals surface area contributed by atoms with Crippen molar-refractivity contribution in [2.24, 2.45) is 0 Å². The lowest BCUT2D eigenvalue weighted by atomic mass is 9.85. The van der Waals surface area contributed by atoms with Crippen LogP contribution in [-0.4, -0.2) is 33.7 Å². The van der Waals surface area contributed by atoms with Crippen LogP contribution in [-0.2, 0) is 11.6 Å². The average molecular weight is 611 g/mol. The summed E-state index contributed by atoms with van der Waals surface area (Å²) in [6.07, 6.45) is 12.4. The fourth-order valence-electron chi connectivity index (χ4n) is 5.18. The van der Waals surface area contributed by atoms with E-state index >= 15 is 0 Å². The number of halogens is 3. The van der Waals surface area contributed by atoms with E-state index < -0.39 is 29.0 Å². The Morgan fingerprint density at radius 2 is 1.37 bits per heavy atom. The minimum Gasteiger partial charge on any atom is -0.493 e. The number of rotatable bonds is 20. The van der Waals surface area contributed by atoms with Crippen LogP contribution in [0.5, 0.6) is 17.4 Å². The standard InChI is InChI=1S/C34H53F3N2O4/c1-7-8-9-10-11-12-13-14-15-16-17-18-19-20-21-42-29-23-30(43-25(2)3)28(22-26(29)33(4,5)6)39-31(41)27(24-40)38-32(39)34(35,36)37/h22-25,41H,7-21H2,1-6H3. The number of aromatic hydroxyl groups is 1. The van der Waals surface area contributed by atoms with E-state index in [9.17, 15) is 23.1 Å². The van der Waals surface area contributed by atoms with E-state index in [2.05, 4.69) is 11.9 Å². The van der Waals surface area contributed by atoms with Crippen LogP contribution in [0.15, 0.2) is 12.1 Å². The molecule has 0 amide bonds. The number of imidazole rings is 1. The molecule has 1 heterocycles. The van der Waals surface area contributed by atoms with E-state index in [4.69, 9.17) is 9.47 Å². The van der Waals surface area contributed by atoms with Crippen LogP contribution in [0, 0.1) is 0 Å². The van der Waals surface area contributed by atoms with Crippen molar-refractivity contribution in [3.05, 3.63) is 29.2 Å². The van der Waals surface area contributed by atoms with Crippen LogP contribution >= 0.6 is 0 Å². The second-order valence-corrected chi connectivity index (χ2v) is 12.8. The summed E-state index contributed by atoms with van der Waals surface area (Å²) in [5.74, 6) is -1.69. The van der Waals surface area contributed by atoms with Crippen molar-refractivity contribution in [2.45, 2.75) is 149 Å². The van der Waals surface area contributed by atoms with Gasteiger partial charge in [-0.25, -0.2) is 4.98 Å². The van der Waals surface area contributed by atoms with Crippen LogP contribution in [0.3, 0.4) is 0 Å². The highest BCUT2D eigenvalue weighted by Crippen LogP contribution is 2.43. The predicted molar refractivity (Wildman–Crippen MR) is 166 cm³/mol. The number of aromatic nitrogens is 2. The maximum absolute atomic E-state index is 13.9. The first-order valence-corrected chi connectivity index (χ1v) is 16.1. The molecule has 0 radical (unpaired) electrons. The first-order chi connectivity index (χ1) is 20.3. The summed E-state index contributed by atoms with van der Waals surface area (Å²) in [6, 6.07) is 3.11. The van der Waals surface area contributed by atoms with E-state index in [0.29, 0.717) is 22.5 Å². The molecule has 0 unspecified atom stereocenters. The highest BCUT2D eigenvalue weighted by molar-refractivity contribution is 5.76. The number of unbranched alkanes of at least 4 members (excludes halogenated alkanes) is 13. The molecule has 0 atom stereocenters. The van der Waals surface area contributed by atoms with Crippen LogP contribution < -0.4 is 9.47 Å². The zero-order valence-electron chi connectivity index (χ0n) is 27.1. The molecule has 0 saturated carbocycles. The van der Waals surface area contributed by atoms with Gasteiger partial charge in [0.1, 0.15) is 11.5 Å². The van der Waals surface area contributed by atoms with Gasteiger partial charge in [-0.05, 0) is 31.7 Å². The largest absolute Gasteiger partial charge is 0.493 e. The highest BCUT2D eigenvalue weighted by Gasteiger charge is 2.41. The molecule has 1 aromatic carbocycles. The number of aldehydes is 1. The van der Waals surface area contributed by atoms with Crippen LogP contribution in [0.2, 0.25) is 0 Å². The predicted octanol–water partition coefficient (Wildman–Crippen LogP) is 10.4. The lowest BCUT2D eigenvalue weighted by Gasteiger charge is -2.26. The van der Waals surface area contributed by atoms with Crippen molar-refractivity contribution in [3.63, 3.8) is 0 Å². The Hall–Kier alpha value is -2.71. The van der Waals surface area contributed by atoms with E-state index in [-0.39, 0.29) is 23.8 Å². The monoisotopic (exact) mass is 610 g/mol. The van der Waals surface area contributed by atoms with Gasteiger partial charge in [0.2, 0.25) is 11.7 Å². The number of nitrogens with zero attached hydrogens (tertiary/aromatic N) is 2. The molecule has 0 saturated heterocycles. The molecule has 0 aliphatic carbocycles. The minimum atomic E-state index is -4.92. The van der Waals surface area contributed by atoms with E-state index in [0.717, 1.165) is 19.3 Å². The molecule has 0 fully saturated rings. The Balaban J connectivity index is 2.05. The average Bonchev–Trinajstić information content (AvgIpc) is 3.26. The van der Waals surface area contributed by atoms with Gasteiger partial charge in [0, 0.05) is 11.6 Å². The molecule has 0 aliphatic rings. The van der Waals surface area contributed by atoms with E-state index in [1.54, 1.807) is 19.9 Å². The molecular weight excluding hydrogens is 557 g/mol. The third-order valence-corrected chi connectivity index (χ3v) is 7.47. The van der Waals surface area contributed by atoms with Gasteiger partial charge in [0.25, 0.3) is 0 Å². The Labute approximate surface area is 256 Å². The lowest BCUT2D eigenvalue weighted by molar-refractivity contribution is -0.146. The van der Waals surface area contributed by atoms with E-state index in [1.165, 1.54) is 76.7 Å². The van der Waals surface area contributed by atoms with Crippen LogP contribution in [0.1, 0.15) is 153 Å². The summed E-state index contributed by atoms with van der Waals surface area (Å²) in [5.41, 5.74) is -0.609. The molecule has 244 valence electrons. The highest BCUT2D eigenvalue weighted by atomic mass is 19.4. The molecule has 0 aliphatic heterocycles. The van der Waals surface area contributed by atoms with Crippen molar-refractivity contribution in [3.8, 4) is 23.1 Å². The minimum absolute atomic E-state index is 0.0621. The van der Waals surface area contributed by atoms with Crippen LogP contribution in [0.25, 0.3) is 5.69 Å². The molecule has 2 aromatic rings. The smallest absolute Gasteiger partial charge is 0.450 e. The summed E-state index contributed by atoms with van der Waals surface area (Å²) in [7, 11) is 0. The molecule has 1 N–H and O–H groups in total. The summed E-state index contributed by atoms with van der Waals surface area (Å²) >= 11 is 0. The maximum Gasteiger partial charge on any atom is 0.450 e. The maximum atomic E-state index is 13.9. The quantitative estimate of drug-likeness (QED) is 0.119. The van der Waals surface area contributed by atoms with Gasteiger partial charge in [0.05, 0.1) is 18.4 Å². The Bertz CT molecular complexity index is 1120. The summed E-state index contributed by atoms with van der Waals surface area (Å²) in [6.45, 7) is 12.0. The fourth-order valence-corrected chi connectivity index (χ4v) is 5.18. The second-order valence-electron chi connectivity index (χ2n) is 12.8. The summed E-state index contributed by atoms with van der Waals surface area (Å²) in [4.78, 5) is 14.7. The van der Waals surface area contributed by atoms with Gasteiger partial charge < -0.3 is 14.6 Å². The molecule has 1 aromatic heterocycles. The first-order valence-electron chi connectivity index (χ1n) is 16.1. The Kier molecular flexibility index (Phi) is 14.9.